The van der Waals surface area contributed by atoms with Crippen LogP contribution in [0.15, 0.2) is 12.3 Å². The quantitative estimate of drug-likeness (QED) is 0.713. The first-order valence-electron chi connectivity index (χ1n) is 4.61. The topological polar surface area (TPSA) is 29.9 Å². The second-order valence-electron chi connectivity index (χ2n) is 3.37. The second kappa shape index (κ2) is 3.27. The zero-order valence-corrected chi connectivity index (χ0v) is 7.45. The highest BCUT2D eigenvalue weighted by Gasteiger charge is 2.18. The summed E-state index contributed by atoms with van der Waals surface area (Å²) in [5.74, 6) is 0.840. The minimum absolute atomic E-state index is 0.840. The highest BCUT2D eigenvalue weighted by Crippen LogP contribution is 2.11. The smallest absolute Gasteiger partial charge is 0.0492 e. The van der Waals surface area contributed by atoms with Gasteiger partial charge < -0.3 is 5.32 Å². The Morgan fingerprint density at radius 1 is 1.67 bits per heavy atom. The average Bonchev–Trinajstić information content (AvgIpc) is 2.43. The molecule has 1 aromatic heterocycles. The fraction of sp³-hybridized carbons (Fsp3) is 0.667. The van der Waals surface area contributed by atoms with Gasteiger partial charge in [-0.1, -0.05) is 0 Å². The molecule has 1 aromatic rings. The third-order valence-corrected chi connectivity index (χ3v) is 2.47. The van der Waals surface area contributed by atoms with Crippen molar-refractivity contribution in [3.05, 3.63) is 18.0 Å². The zero-order valence-electron chi connectivity index (χ0n) is 7.45. The number of aromatic nitrogens is 2. The van der Waals surface area contributed by atoms with Crippen molar-refractivity contribution in [2.75, 3.05) is 13.1 Å². The predicted molar refractivity (Wildman–Crippen MR) is 48.0 cm³/mol. The van der Waals surface area contributed by atoms with Gasteiger partial charge in [-0.3, -0.25) is 4.68 Å². The van der Waals surface area contributed by atoms with Crippen LogP contribution in [0.4, 0.5) is 0 Å². The van der Waals surface area contributed by atoms with Crippen LogP contribution in [-0.2, 0) is 13.0 Å². The van der Waals surface area contributed by atoms with Crippen molar-refractivity contribution in [1.29, 1.82) is 0 Å². The summed E-state index contributed by atoms with van der Waals surface area (Å²) in [6.45, 7) is 5.47. The van der Waals surface area contributed by atoms with Gasteiger partial charge in [0.2, 0.25) is 0 Å². The predicted octanol–water partition coefficient (Wildman–Crippen LogP) is 0.665. The summed E-state index contributed by atoms with van der Waals surface area (Å²) in [6.07, 6.45) is 3.08. The van der Waals surface area contributed by atoms with Gasteiger partial charge in [0.15, 0.2) is 0 Å². The minimum Gasteiger partial charge on any atom is -0.316 e. The van der Waals surface area contributed by atoms with Gasteiger partial charge in [0.25, 0.3) is 0 Å². The van der Waals surface area contributed by atoms with E-state index in [9.17, 15) is 0 Å². The molecule has 1 saturated heterocycles. The third kappa shape index (κ3) is 1.37. The number of rotatable bonds is 3. The molecule has 0 aliphatic carbocycles. The van der Waals surface area contributed by atoms with Crippen LogP contribution < -0.4 is 5.32 Å². The first-order valence-corrected chi connectivity index (χ1v) is 4.61. The number of nitrogens with one attached hydrogen (secondary N) is 1. The summed E-state index contributed by atoms with van der Waals surface area (Å²) >= 11 is 0. The molecule has 3 heteroatoms. The lowest BCUT2D eigenvalue weighted by atomic mass is 9.97. The van der Waals surface area contributed by atoms with Crippen molar-refractivity contribution in [1.82, 2.24) is 15.1 Å². The first kappa shape index (κ1) is 7.80. The number of hydrogen-bond acceptors (Lipinski definition) is 2. The van der Waals surface area contributed by atoms with E-state index in [0.717, 1.165) is 12.5 Å². The maximum atomic E-state index is 4.24. The van der Waals surface area contributed by atoms with E-state index < -0.39 is 0 Å². The molecule has 0 atom stereocenters. The molecule has 1 fully saturated rings. The van der Waals surface area contributed by atoms with Crippen molar-refractivity contribution in [3.63, 3.8) is 0 Å². The molecule has 66 valence electrons. The van der Waals surface area contributed by atoms with Gasteiger partial charge >= 0.3 is 0 Å². The van der Waals surface area contributed by atoms with Gasteiger partial charge in [0.05, 0.1) is 0 Å². The normalized spacial score (nSPS) is 17.8. The Labute approximate surface area is 72.8 Å². The lowest BCUT2D eigenvalue weighted by Gasteiger charge is -2.26. The molecule has 1 aliphatic rings. The van der Waals surface area contributed by atoms with Crippen LogP contribution in [0.5, 0.6) is 0 Å². The first-order chi connectivity index (χ1) is 5.90. The van der Waals surface area contributed by atoms with Crippen LogP contribution in [0.1, 0.15) is 12.6 Å². The van der Waals surface area contributed by atoms with Crippen molar-refractivity contribution in [2.45, 2.75) is 19.9 Å². The number of nitrogens with zero attached hydrogens (tertiary/aromatic N) is 2. The highest BCUT2D eigenvalue weighted by atomic mass is 15.3. The van der Waals surface area contributed by atoms with Crippen LogP contribution in [0.2, 0.25) is 0 Å². The van der Waals surface area contributed by atoms with Crippen molar-refractivity contribution < 1.29 is 0 Å². The maximum Gasteiger partial charge on any atom is 0.0492 e. The molecule has 1 N–H and O–H groups in total. The minimum atomic E-state index is 0.840. The van der Waals surface area contributed by atoms with Gasteiger partial charge in [-0.2, -0.15) is 5.10 Å². The number of hydrogen-bond donors (Lipinski definition) is 1. The number of aryl methyl sites for hydroxylation is 1. The fourth-order valence-corrected chi connectivity index (χ4v) is 1.61. The zero-order chi connectivity index (χ0) is 8.39. The fourth-order valence-electron chi connectivity index (χ4n) is 1.61. The molecule has 0 saturated carbocycles. The van der Waals surface area contributed by atoms with Crippen molar-refractivity contribution in [2.24, 2.45) is 5.92 Å². The summed E-state index contributed by atoms with van der Waals surface area (Å²) in [6, 6.07) is 2.13. The monoisotopic (exact) mass is 165 g/mol. The summed E-state index contributed by atoms with van der Waals surface area (Å²) in [5.41, 5.74) is 1.38. The van der Waals surface area contributed by atoms with E-state index >= 15 is 0 Å². The van der Waals surface area contributed by atoms with Gasteiger partial charge in [-0.05, 0) is 38.4 Å². The second-order valence-corrected chi connectivity index (χ2v) is 3.37. The summed E-state index contributed by atoms with van der Waals surface area (Å²) in [7, 11) is 0. The van der Waals surface area contributed by atoms with Crippen LogP contribution in [0, 0.1) is 5.92 Å². The molecule has 0 radical (unpaired) electrons. The highest BCUT2D eigenvalue weighted by molar-refractivity contribution is 5.03. The van der Waals surface area contributed by atoms with E-state index in [1.54, 1.807) is 0 Å². The average molecular weight is 165 g/mol. The van der Waals surface area contributed by atoms with Crippen LogP contribution in [-0.4, -0.2) is 22.9 Å². The Kier molecular flexibility index (Phi) is 2.13. The van der Waals surface area contributed by atoms with E-state index in [1.165, 1.54) is 25.2 Å². The molecule has 0 unspecified atom stereocenters. The largest absolute Gasteiger partial charge is 0.316 e. The molecule has 1 aliphatic heterocycles. The molecular weight excluding hydrogens is 150 g/mol. The maximum absolute atomic E-state index is 4.24. The Hall–Kier alpha value is -0.830. The Morgan fingerprint density at radius 3 is 3.08 bits per heavy atom. The lowest BCUT2D eigenvalue weighted by molar-refractivity contribution is 0.338. The molecule has 0 amide bonds. The van der Waals surface area contributed by atoms with Gasteiger partial charge in [0.1, 0.15) is 0 Å². The molecule has 0 aromatic carbocycles. The van der Waals surface area contributed by atoms with Gasteiger partial charge in [-0.25, -0.2) is 0 Å². The Bertz CT molecular complexity index is 250. The van der Waals surface area contributed by atoms with E-state index in [4.69, 9.17) is 0 Å². The Balaban J connectivity index is 2.00. The van der Waals surface area contributed by atoms with E-state index in [2.05, 4.69) is 28.1 Å². The summed E-state index contributed by atoms with van der Waals surface area (Å²) in [5, 5.41) is 7.52. The molecule has 0 spiro atoms. The molecule has 2 rings (SSSR count). The summed E-state index contributed by atoms with van der Waals surface area (Å²) in [4.78, 5) is 0. The molecule has 2 heterocycles. The van der Waals surface area contributed by atoms with Gasteiger partial charge in [0, 0.05) is 18.4 Å². The van der Waals surface area contributed by atoms with Crippen LogP contribution in [0.3, 0.4) is 0 Å². The van der Waals surface area contributed by atoms with Crippen molar-refractivity contribution >= 4 is 0 Å². The van der Waals surface area contributed by atoms with Crippen LogP contribution in [0.25, 0.3) is 0 Å². The van der Waals surface area contributed by atoms with E-state index in [-0.39, 0.29) is 0 Å². The molecule has 0 bridgehead atoms. The standard InChI is InChI=1S/C9H15N3/c1-2-12-9(3-4-11-12)5-8-6-10-7-8/h3-4,8,10H,2,5-7H2,1H3. The lowest BCUT2D eigenvalue weighted by Crippen LogP contribution is -2.43. The van der Waals surface area contributed by atoms with Gasteiger partial charge in [-0.15, -0.1) is 0 Å². The van der Waals surface area contributed by atoms with E-state index in [1.807, 2.05) is 6.20 Å². The Morgan fingerprint density at radius 2 is 2.50 bits per heavy atom. The molecule has 3 nitrogen and oxygen atoms in total. The van der Waals surface area contributed by atoms with E-state index in [0.29, 0.717) is 0 Å². The molecule has 12 heavy (non-hydrogen) atoms. The van der Waals surface area contributed by atoms with Crippen LogP contribution >= 0.6 is 0 Å². The third-order valence-electron chi connectivity index (χ3n) is 2.47. The summed E-state index contributed by atoms with van der Waals surface area (Å²) < 4.78 is 2.08. The molecular formula is C9H15N3. The SMILES string of the molecule is CCn1nccc1CC1CNC1. The van der Waals surface area contributed by atoms with Crippen molar-refractivity contribution in [3.8, 4) is 0 Å².